The number of benzene rings is 1. The molecule has 0 spiro atoms. The van der Waals surface area contributed by atoms with Crippen molar-refractivity contribution in [1.82, 2.24) is 34.4 Å². The van der Waals surface area contributed by atoms with Gasteiger partial charge in [0.15, 0.2) is 22.9 Å². The van der Waals surface area contributed by atoms with E-state index in [9.17, 15) is 27.6 Å². The van der Waals surface area contributed by atoms with Crippen LogP contribution in [0.1, 0.15) is 41.9 Å². The highest BCUT2D eigenvalue weighted by atomic mass is 19.4. The highest BCUT2D eigenvalue weighted by Gasteiger charge is 2.38. The molecule has 5 rings (SSSR count). The van der Waals surface area contributed by atoms with Crippen LogP contribution < -0.4 is 21.1 Å². The minimum absolute atomic E-state index is 0.0161. The molecule has 2 atom stereocenters. The van der Waals surface area contributed by atoms with Crippen LogP contribution in [-0.4, -0.2) is 72.5 Å². The third kappa shape index (κ3) is 6.19. The van der Waals surface area contributed by atoms with Crippen molar-refractivity contribution in [3.8, 4) is 23.1 Å². The molecule has 46 heavy (non-hydrogen) atoms. The first-order valence-electron chi connectivity index (χ1n) is 14.2. The number of hydrogen-bond acceptors (Lipinski definition) is 10. The highest BCUT2D eigenvalue weighted by molar-refractivity contribution is 6.00. The molecule has 4 aromatic rings. The number of likely N-dealkylation sites (tertiary alicyclic amines) is 1. The number of anilines is 2. The van der Waals surface area contributed by atoms with E-state index in [1.54, 1.807) is 24.8 Å². The van der Waals surface area contributed by atoms with Gasteiger partial charge in [0.05, 0.1) is 29.2 Å². The Labute approximate surface area is 260 Å². The number of alkyl halides is 3. The monoisotopic (exact) mass is 638 g/mol. The van der Waals surface area contributed by atoms with Gasteiger partial charge < -0.3 is 26.0 Å². The van der Waals surface area contributed by atoms with Crippen molar-refractivity contribution in [2.24, 2.45) is 5.73 Å². The molecule has 1 fully saturated rings. The van der Waals surface area contributed by atoms with Gasteiger partial charge in [0.1, 0.15) is 12.6 Å². The molecule has 14 nitrogen and oxygen atoms in total. The number of nitrogens with two attached hydrogens (primary N) is 1. The summed E-state index contributed by atoms with van der Waals surface area (Å²) in [4.78, 5) is 47.8. The van der Waals surface area contributed by atoms with Crippen LogP contribution in [0.3, 0.4) is 0 Å². The molecule has 0 radical (unpaired) electrons. The molecular weight excluding hydrogens is 609 g/mol. The number of carbonyl (C=O) groups excluding carboxylic acids is 3. The lowest BCUT2D eigenvalue weighted by molar-refractivity contribution is -0.141. The van der Waals surface area contributed by atoms with Crippen molar-refractivity contribution in [3.05, 3.63) is 53.7 Å². The number of nitrogens with one attached hydrogen (secondary N) is 2. The van der Waals surface area contributed by atoms with Gasteiger partial charge in [-0.15, -0.1) is 0 Å². The molecule has 0 saturated carbocycles. The lowest BCUT2D eigenvalue weighted by Crippen LogP contribution is -2.46. The molecular formula is C29H29F3N10O4. The molecule has 240 valence electrons. The minimum Gasteiger partial charge on any atom is -0.426 e. The number of aromatic nitrogens is 5. The van der Waals surface area contributed by atoms with Crippen molar-refractivity contribution < 1.29 is 32.3 Å². The Balaban J connectivity index is 1.47. The Kier molecular flexibility index (Phi) is 8.91. The van der Waals surface area contributed by atoms with E-state index in [2.05, 4.69) is 25.7 Å². The lowest BCUT2D eigenvalue weighted by Gasteiger charge is -2.22. The molecule has 1 aliphatic rings. The van der Waals surface area contributed by atoms with Crippen LogP contribution in [0.4, 0.5) is 24.7 Å². The van der Waals surface area contributed by atoms with Gasteiger partial charge in [-0.2, -0.15) is 23.5 Å². The third-order valence-electron chi connectivity index (χ3n) is 7.50. The summed E-state index contributed by atoms with van der Waals surface area (Å²) in [5.74, 6) is -0.703. The predicted octanol–water partition coefficient (Wildman–Crippen LogP) is 2.65. The molecule has 3 aromatic heterocycles. The molecule has 0 bridgehead atoms. The minimum atomic E-state index is -4.80. The predicted molar refractivity (Wildman–Crippen MR) is 157 cm³/mol. The van der Waals surface area contributed by atoms with Crippen molar-refractivity contribution in [2.45, 2.75) is 51.5 Å². The molecule has 0 aliphatic carbocycles. The largest absolute Gasteiger partial charge is 0.435 e. The maximum atomic E-state index is 13.8. The fourth-order valence-electron chi connectivity index (χ4n) is 5.38. The summed E-state index contributed by atoms with van der Waals surface area (Å²) in [7, 11) is 0. The SMILES string of the molecule is CCc1c(C(=O)N[C@H](C)C(=O)N2CC[C@@H](N)C2)ccc(Nc2nccn3c(-c4cn(CC#N)nc4C(F)(F)F)cnc23)c1OC=O. The molecule has 17 heteroatoms. The van der Waals surface area contributed by atoms with Crippen molar-refractivity contribution in [3.63, 3.8) is 0 Å². The topological polar surface area (TPSA) is 186 Å². The zero-order valence-electron chi connectivity index (χ0n) is 24.7. The molecule has 1 saturated heterocycles. The number of nitrogens with zero attached hydrogens (tertiary/aromatic N) is 7. The van der Waals surface area contributed by atoms with Crippen LogP contribution in [0.5, 0.6) is 5.75 Å². The molecule has 4 N–H and O–H groups in total. The van der Waals surface area contributed by atoms with Gasteiger partial charge >= 0.3 is 6.18 Å². The number of amides is 2. The maximum absolute atomic E-state index is 13.8. The van der Waals surface area contributed by atoms with Gasteiger partial charge in [0.25, 0.3) is 12.4 Å². The first kappa shape index (κ1) is 31.9. The summed E-state index contributed by atoms with van der Waals surface area (Å²) >= 11 is 0. The molecule has 0 unspecified atom stereocenters. The number of ether oxygens (including phenoxy) is 1. The Morgan fingerprint density at radius 1 is 1.30 bits per heavy atom. The molecule has 1 aliphatic heterocycles. The Morgan fingerprint density at radius 2 is 2.09 bits per heavy atom. The summed E-state index contributed by atoms with van der Waals surface area (Å²) in [6.07, 6.45) is 1.22. The van der Waals surface area contributed by atoms with Gasteiger partial charge in [-0.05, 0) is 31.9 Å². The number of imidazole rings is 1. The molecule has 4 heterocycles. The van der Waals surface area contributed by atoms with E-state index < -0.39 is 23.8 Å². The molecule has 1 aromatic carbocycles. The van der Waals surface area contributed by atoms with Crippen molar-refractivity contribution >= 4 is 35.4 Å². The quantitative estimate of drug-likeness (QED) is 0.218. The average molecular weight is 639 g/mol. The van der Waals surface area contributed by atoms with E-state index in [0.717, 1.165) is 10.9 Å². The van der Waals surface area contributed by atoms with Gasteiger partial charge in [0, 0.05) is 48.8 Å². The number of hydrogen-bond donors (Lipinski definition) is 3. The van der Waals surface area contributed by atoms with Crippen LogP contribution >= 0.6 is 0 Å². The van der Waals surface area contributed by atoms with E-state index in [4.69, 9.17) is 15.7 Å². The number of carbonyl (C=O) groups is 3. The first-order valence-corrected chi connectivity index (χ1v) is 14.2. The standard InChI is InChI=1S/C29H29F3N10O4/c1-3-18-19(27(44)37-16(2)28(45)40-9-6-17(34)13-40)4-5-21(23(18)46-15-43)38-25-26-36-12-22(42(26)11-8-35-25)20-14-41(10-7-33)39-24(20)29(30,31)32/h4-5,8,11-12,14-17H,3,6,9-10,13,34H2,1-2H3,(H,35,38)(H,37,44)/t16-,17-/m1/s1. The number of rotatable bonds is 10. The van der Waals surface area contributed by atoms with Gasteiger partial charge in [-0.1, -0.05) is 6.92 Å². The Morgan fingerprint density at radius 3 is 2.74 bits per heavy atom. The number of halogens is 3. The van der Waals surface area contributed by atoms with Crippen molar-refractivity contribution in [2.75, 3.05) is 18.4 Å². The Bertz CT molecular complexity index is 1840. The van der Waals surface area contributed by atoms with E-state index in [1.807, 2.05) is 0 Å². The van der Waals surface area contributed by atoms with E-state index in [-0.39, 0.29) is 71.1 Å². The second-order valence-corrected chi connectivity index (χ2v) is 10.5. The van der Waals surface area contributed by atoms with E-state index in [0.29, 0.717) is 25.1 Å². The first-order chi connectivity index (χ1) is 22.0. The van der Waals surface area contributed by atoms with E-state index >= 15 is 0 Å². The summed E-state index contributed by atoms with van der Waals surface area (Å²) < 4.78 is 49.0. The number of nitriles is 1. The fraction of sp³-hybridized carbons (Fsp3) is 0.345. The zero-order valence-corrected chi connectivity index (χ0v) is 24.7. The van der Waals surface area contributed by atoms with Gasteiger partial charge in [0.2, 0.25) is 5.91 Å². The number of fused-ring (bicyclic) bond motifs is 1. The summed E-state index contributed by atoms with van der Waals surface area (Å²) in [6, 6.07) is 3.79. The maximum Gasteiger partial charge on any atom is 0.435 e. The van der Waals surface area contributed by atoms with Crippen LogP contribution in [0, 0.1) is 11.3 Å². The Hall–Kier alpha value is -5.50. The molecule has 2 amide bonds. The van der Waals surface area contributed by atoms with Crippen LogP contribution in [-0.2, 0) is 28.7 Å². The lowest BCUT2D eigenvalue weighted by atomic mass is 10.0. The van der Waals surface area contributed by atoms with E-state index in [1.165, 1.54) is 35.1 Å². The van der Waals surface area contributed by atoms with Crippen LogP contribution in [0.2, 0.25) is 0 Å². The van der Waals surface area contributed by atoms with Crippen molar-refractivity contribution in [1.29, 1.82) is 5.26 Å². The normalized spacial score (nSPS) is 15.4. The second-order valence-electron chi connectivity index (χ2n) is 10.5. The van der Waals surface area contributed by atoms with Crippen LogP contribution in [0.15, 0.2) is 36.9 Å². The smallest absolute Gasteiger partial charge is 0.426 e. The average Bonchev–Trinajstić information content (AvgIpc) is 3.76. The summed E-state index contributed by atoms with van der Waals surface area (Å²) in [6.45, 7) is 4.05. The summed E-state index contributed by atoms with van der Waals surface area (Å²) in [5, 5.41) is 18.2. The second kappa shape index (κ2) is 12.9. The van der Waals surface area contributed by atoms with Gasteiger partial charge in [-0.3, -0.25) is 23.5 Å². The summed E-state index contributed by atoms with van der Waals surface area (Å²) in [5.41, 5.74) is 5.35. The highest BCUT2D eigenvalue weighted by Crippen LogP contribution is 2.38. The van der Waals surface area contributed by atoms with Gasteiger partial charge in [-0.25, -0.2) is 9.97 Å². The fourth-order valence-corrected chi connectivity index (χ4v) is 5.38. The third-order valence-corrected chi connectivity index (χ3v) is 7.50. The van der Waals surface area contributed by atoms with Crippen LogP contribution in [0.25, 0.3) is 16.9 Å². The zero-order chi connectivity index (χ0) is 33.2.